The van der Waals surface area contributed by atoms with Crippen molar-refractivity contribution in [2.24, 2.45) is 47.3 Å². The van der Waals surface area contributed by atoms with Crippen molar-refractivity contribution in [3.8, 4) is 0 Å². The van der Waals surface area contributed by atoms with Gasteiger partial charge in [0, 0.05) is 0 Å². The topological polar surface area (TPSA) is 0 Å². The van der Waals surface area contributed by atoms with Crippen molar-refractivity contribution in [2.45, 2.75) is 116 Å². The first-order valence-corrected chi connectivity index (χ1v) is 12.8. The van der Waals surface area contributed by atoms with Crippen LogP contribution in [0.3, 0.4) is 0 Å². The van der Waals surface area contributed by atoms with Gasteiger partial charge in [-0.15, -0.1) is 0 Å². The fourth-order valence-corrected chi connectivity index (χ4v) is 8.74. The molecule has 0 N–H and O–H groups in total. The maximum absolute atomic E-state index is 1.63. The molecule has 0 aromatic heterocycles. The molecule has 0 aromatic carbocycles. The summed E-state index contributed by atoms with van der Waals surface area (Å²) in [6, 6.07) is 0. The largest absolute Gasteiger partial charge is 0.0528 e. The molecule has 0 aliphatic heterocycles. The molecule has 7 rings (SSSR count). The molecule has 0 heteroatoms. The highest BCUT2D eigenvalue weighted by molar-refractivity contribution is 4.89. The SMILES string of the molecule is C1CC2CC3CCC(CC3)C3CCC(CC3)CCC3CCCC3C(C1)C2. The lowest BCUT2D eigenvalue weighted by Crippen LogP contribution is -2.30. The second kappa shape index (κ2) is 8.16. The number of hydrogen-bond acceptors (Lipinski definition) is 0. The maximum Gasteiger partial charge on any atom is -0.0357 e. The predicted octanol–water partition coefficient (Wildman–Crippen LogP) is 8.01. The van der Waals surface area contributed by atoms with Gasteiger partial charge in [-0.1, -0.05) is 64.2 Å². The Labute approximate surface area is 163 Å². The van der Waals surface area contributed by atoms with E-state index in [0.29, 0.717) is 0 Å². The summed E-state index contributed by atoms with van der Waals surface area (Å²) in [4.78, 5) is 0. The van der Waals surface area contributed by atoms with Crippen LogP contribution in [0.25, 0.3) is 0 Å². The summed E-state index contributed by atoms with van der Waals surface area (Å²) in [5.41, 5.74) is 0. The van der Waals surface area contributed by atoms with E-state index in [0.717, 1.165) is 47.3 Å². The van der Waals surface area contributed by atoms with Crippen molar-refractivity contribution in [1.82, 2.24) is 0 Å². The molecule has 0 aromatic rings. The molecule has 7 fully saturated rings. The first-order chi connectivity index (χ1) is 12.8. The highest BCUT2D eigenvalue weighted by Gasteiger charge is 2.38. The molecule has 0 spiro atoms. The predicted molar refractivity (Wildman–Crippen MR) is 111 cm³/mol. The van der Waals surface area contributed by atoms with Gasteiger partial charge in [-0.25, -0.2) is 0 Å². The van der Waals surface area contributed by atoms with Gasteiger partial charge in [0.2, 0.25) is 0 Å². The van der Waals surface area contributed by atoms with Crippen LogP contribution in [-0.2, 0) is 0 Å². The Morgan fingerprint density at radius 2 is 0.885 bits per heavy atom. The molecule has 4 unspecified atom stereocenters. The Hall–Kier alpha value is 0. The van der Waals surface area contributed by atoms with E-state index in [1.165, 1.54) is 0 Å². The van der Waals surface area contributed by atoms with Gasteiger partial charge in [0.15, 0.2) is 0 Å². The van der Waals surface area contributed by atoms with Crippen LogP contribution in [0, 0.1) is 47.3 Å². The number of fused-ring (bicyclic) bond motifs is 2. The van der Waals surface area contributed by atoms with Gasteiger partial charge in [0.25, 0.3) is 0 Å². The average Bonchev–Trinajstić information content (AvgIpc) is 3.16. The third kappa shape index (κ3) is 3.91. The quantitative estimate of drug-likeness (QED) is 0.412. The first kappa shape index (κ1) is 18.1. The summed E-state index contributed by atoms with van der Waals surface area (Å²) >= 11 is 0. The third-order valence-electron chi connectivity index (χ3n) is 10.2. The van der Waals surface area contributed by atoms with Crippen molar-refractivity contribution >= 4 is 0 Å². The van der Waals surface area contributed by atoms with Crippen LogP contribution in [0.5, 0.6) is 0 Å². The van der Waals surface area contributed by atoms with Crippen molar-refractivity contribution < 1.29 is 0 Å². The minimum Gasteiger partial charge on any atom is -0.0528 e. The lowest BCUT2D eigenvalue weighted by Gasteiger charge is -2.41. The minimum absolute atomic E-state index is 1.11. The van der Waals surface area contributed by atoms with E-state index in [4.69, 9.17) is 0 Å². The van der Waals surface area contributed by atoms with Gasteiger partial charge >= 0.3 is 0 Å². The van der Waals surface area contributed by atoms with Gasteiger partial charge in [-0.05, 0) is 98.7 Å². The summed E-state index contributed by atoms with van der Waals surface area (Å²) in [5.74, 6) is 8.96. The molecule has 7 aliphatic rings. The van der Waals surface area contributed by atoms with E-state index >= 15 is 0 Å². The van der Waals surface area contributed by atoms with Crippen molar-refractivity contribution in [2.75, 3.05) is 0 Å². The maximum atomic E-state index is 1.63. The molecule has 0 heterocycles. The third-order valence-corrected chi connectivity index (χ3v) is 10.2. The monoisotopic (exact) mass is 356 g/mol. The van der Waals surface area contributed by atoms with Crippen LogP contribution in [-0.4, -0.2) is 0 Å². The second-order valence-electron chi connectivity index (χ2n) is 11.5. The summed E-state index contributed by atoms with van der Waals surface area (Å²) < 4.78 is 0. The fourth-order valence-electron chi connectivity index (χ4n) is 8.74. The molecular formula is C26H44. The molecule has 0 amide bonds. The van der Waals surface area contributed by atoms with E-state index in [-0.39, 0.29) is 0 Å². The van der Waals surface area contributed by atoms with Crippen molar-refractivity contribution in [3.05, 3.63) is 0 Å². The summed E-state index contributed by atoms with van der Waals surface area (Å²) in [7, 11) is 0. The zero-order valence-electron chi connectivity index (χ0n) is 17.3. The molecule has 7 aliphatic carbocycles. The minimum atomic E-state index is 1.11. The van der Waals surface area contributed by atoms with E-state index in [1.54, 1.807) is 116 Å². The smallest absolute Gasteiger partial charge is 0.0357 e. The van der Waals surface area contributed by atoms with Gasteiger partial charge in [-0.3, -0.25) is 0 Å². The molecule has 6 bridgehead atoms. The Balaban J connectivity index is 1.31. The van der Waals surface area contributed by atoms with Gasteiger partial charge in [0.05, 0.1) is 0 Å². The Kier molecular flexibility index (Phi) is 5.67. The van der Waals surface area contributed by atoms with Crippen LogP contribution in [0.15, 0.2) is 0 Å². The zero-order chi connectivity index (χ0) is 17.3. The van der Waals surface area contributed by atoms with Gasteiger partial charge in [0.1, 0.15) is 0 Å². The van der Waals surface area contributed by atoms with E-state index in [1.807, 2.05) is 0 Å². The molecule has 0 radical (unpaired) electrons. The lowest BCUT2D eigenvalue weighted by molar-refractivity contribution is 0.100. The molecule has 0 saturated heterocycles. The van der Waals surface area contributed by atoms with E-state index in [9.17, 15) is 0 Å². The molecule has 0 nitrogen and oxygen atoms in total. The summed E-state index contributed by atoms with van der Waals surface area (Å²) in [5, 5.41) is 0. The van der Waals surface area contributed by atoms with Crippen LogP contribution < -0.4 is 0 Å². The highest BCUT2D eigenvalue weighted by atomic mass is 14.4. The van der Waals surface area contributed by atoms with Gasteiger partial charge < -0.3 is 0 Å². The summed E-state index contributed by atoms with van der Waals surface area (Å²) in [6.45, 7) is 0. The first-order valence-electron chi connectivity index (χ1n) is 12.8. The highest BCUT2D eigenvalue weighted by Crippen LogP contribution is 2.50. The number of rotatable bonds is 0. The van der Waals surface area contributed by atoms with Crippen LogP contribution >= 0.6 is 0 Å². The van der Waals surface area contributed by atoms with E-state index in [2.05, 4.69) is 0 Å². The van der Waals surface area contributed by atoms with Crippen LogP contribution in [0.1, 0.15) is 116 Å². The molecule has 4 atom stereocenters. The lowest BCUT2D eigenvalue weighted by atomic mass is 9.64. The molecule has 26 heavy (non-hydrogen) atoms. The second-order valence-corrected chi connectivity index (χ2v) is 11.5. The van der Waals surface area contributed by atoms with E-state index < -0.39 is 0 Å². The zero-order valence-corrected chi connectivity index (χ0v) is 17.3. The van der Waals surface area contributed by atoms with Gasteiger partial charge in [-0.2, -0.15) is 0 Å². The van der Waals surface area contributed by atoms with Crippen molar-refractivity contribution in [1.29, 1.82) is 0 Å². The standard InChI is InChI=1S/C26H44/c1-3-21-17-20-10-14-23(15-11-20)22-12-7-19(8-13-22)9-16-24-4-2-6-26(24)25(5-1)18-21/h19-26H,1-18H2. The van der Waals surface area contributed by atoms with Crippen LogP contribution in [0.2, 0.25) is 0 Å². The van der Waals surface area contributed by atoms with Crippen LogP contribution in [0.4, 0.5) is 0 Å². The fraction of sp³-hybridized carbons (Fsp3) is 1.00. The Morgan fingerprint density at radius 3 is 1.62 bits per heavy atom. The number of hydrogen-bond donors (Lipinski definition) is 0. The summed E-state index contributed by atoms with van der Waals surface area (Å²) in [6.07, 6.45) is 28.7. The molecular weight excluding hydrogens is 312 g/mol. The normalized spacial score (nSPS) is 49.8. The molecule has 148 valence electrons. The Morgan fingerprint density at radius 1 is 0.308 bits per heavy atom. The molecule has 7 saturated carbocycles. The Bertz CT molecular complexity index is 437. The van der Waals surface area contributed by atoms with Crippen molar-refractivity contribution in [3.63, 3.8) is 0 Å². The average molecular weight is 357 g/mol.